The molecule has 0 N–H and O–H groups in total. The number of carbonyl (C=O) groups is 1. The zero-order valence-electron chi connectivity index (χ0n) is 12.2. The summed E-state index contributed by atoms with van der Waals surface area (Å²) in [6.07, 6.45) is 2.60. The molecule has 0 aliphatic heterocycles. The first-order valence-corrected chi connectivity index (χ1v) is 7.97. The van der Waals surface area contributed by atoms with Crippen LogP contribution in [-0.4, -0.2) is 27.7 Å². The minimum Gasteiger partial charge on any atom is -0.472 e. The highest BCUT2D eigenvalue weighted by molar-refractivity contribution is 6.40. The van der Waals surface area contributed by atoms with Gasteiger partial charge in [0, 0.05) is 17.8 Å². The molecule has 0 fully saturated rings. The summed E-state index contributed by atoms with van der Waals surface area (Å²) in [5.74, 6) is -0.388. The molecule has 106 valence electrons. The Hall–Kier alpha value is -0.653. The van der Waals surface area contributed by atoms with Gasteiger partial charge in [-0.3, -0.25) is 0 Å². The minimum atomic E-state index is -2.41. The summed E-state index contributed by atoms with van der Waals surface area (Å²) in [6, 6.07) is 0. The van der Waals surface area contributed by atoms with Crippen LogP contribution in [0.5, 0.6) is 0 Å². The summed E-state index contributed by atoms with van der Waals surface area (Å²) in [5, 5.41) is 0. The van der Waals surface area contributed by atoms with Crippen molar-refractivity contribution in [3.63, 3.8) is 0 Å². The Morgan fingerprint density at radius 1 is 1.17 bits per heavy atom. The third kappa shape index (κ3) is 8.44. The van der Waals surface area contributed by atoms with E-state index in [1.54, 1.807) is 0 Å². The lowest BCUT2D eigenvalue weighted by molar-refractivity contribution is -0.134. The smallest absolute Gasteiger partial charge is 0.472 e. The van der Waals surface area contributed by atoms with E-state index in [-0.39, 0.29) is 18.2 Å². The Kier molecular flexibility index (Phi) is 8.96. The second-order valence-electron chi connectivity index (χ2n) is 4.77. The molecule has 0 aromatic heterocycles. The molecule has 0 saturated carbocycles. The molecule has 5 heteroatoms. The van der Waals surface area contributed by atoms with Gasteiger partial charge in [0.25, 0.3) is 0 Å². The topological polar surface area (TPSA) is 44.8 Å². The lowest BCUT2D eigenvalue weighted by atomic mass is 10.1. The van der Waals surface area contributed by atoms with Gasteiger partial charge in [-0.15, -0.1) is 0 Å². The maximum absolute atomic E-state index is 11.8. The SMILES string of the molecule is C=C(CCCC)C(=O)O[SiH](OC(C)C)OC(C)C. The van der Waals surface area contributed by atoms with Crippen LogP contribution in [0.2, 0.25) is 0 Å². The van der Waals surface area contributed by atoms with Crippen LogP contribution in [0, 0.1) is 0 Å². The summed E-state index contributed by atoms with van der Waals surface area (Å²) >= 11 is 0. The van der Waals surface area contributed by atoms with Crippen molar-refractivity contribution in [3.8, 4) is 0 Å². The van der Waals surface area contributed by atoms with Crippen LogP contribution in [0.4, 0.5) is 0 Å². The van der Waals surface area contributed by atoms with Gasteiger partial charge >= 0.3 is 15.5 Å². The molecule has 0 aromatic carbocycles. The van der Waals surface area contributed by atoms with E-state index in [1.807, 2.05) is 27.7 Å². The summed E-state index contributed by atoms with van der Waals surface area (Å²) < 4.78 is 16.3. The second kappa shape index (κ2) is 9.30. The zero-order valence-corrected chi connectivity index (χ0v) is 13.3. The first-order valence-electron chi connectivity index (χ1n) is 6.56. The van der Waals surface area contributed by atoms with E-state index >= 15 is 0 Å². The predicted octanol–water partition coefficient (Wildman–Crippen LogP) is 2.84. The molecule has 0 radical (unpaired) electrons. The largest absolute Gasteiger partial charge is 0.552 e. The van der Waals surface area contributed by atoms with Crippen LogP contribution in [0.1, 0.15) is 53.9 Å². The first-order chi connectivity index (χ1) is 8.36. The van der Waals surface area contributed by atoms with Crippen LogP contribution in [-0.2, 0) is 18.1 Å². The van der Waals surface area contributed by atoms with E-state index in [1.165, 1.54) is 0 Å². The average molecular weight is 274 g/mol. The fourth-order valence-electron chi connectivity index (χ4n) is 1.20. The van der Waals surface area contributed by atoms with Crippen molar-refractivity contribution in [1.82, 2.24) is 0 Å². The molecule has 0 aliphatic rings. The molecule has 0 unspecified atom stereocenters. The molecular weight excluding hydrogens is 248 g/mol. The van der Waals surface area contributed by atoms with Gasteiger partial charge in [-0.25, -0.2) is 4.79 Å². The second-order valence-corrected chi connectivity index (χ2v) is 6.13. The van der Waals surface area contributed by atoms with E-state index in [2.05, 4.69) is 13.5 Å². The van der Waals surface area contributed by atoms with Gasteiger partial charge in [-0.2, -0.15) is 0 Å². The molecule has 0 aliphatic carbocycles. The van der Waals surface area contributed by atoms with Crippen LogP contribution in [0.25, 0.3) is 0 Å². The van der Waals surface area contributed by atoms with E-state index < -0.39 is 9.53 Å². The Morgan fingerprint density at radius 3 is 2.06 bits per heavy atom. The fourth-order valence-corrected chi connectivity index (χ4v) is 2.60. The summed E-state index contributed by atoms with van der Waals surface area (Å²) in [7, 11) is -2.41. The molecular formula is C13H26O4Si. The number of unbranched alkanes of at least 4 members (excludes halogenated alkanes) is 1. The van der Waals surface area contributed by atoms with Gasteiger partial charge in [0.05, 0.1) is 0 Å². The maximum Gasteiger partial charge on any atom is 0.552 e. The highest BCUT2D eigenvalue weighted by Crippen LogP contribution is 2.10. The molecule has 0 atom stereocenters. The van der Waals surface area contributed by atoms with Crippen LogP contribution < -0.4 is 0 Å². The van der Waals surface area contributed by atoms with E-state index in [0.717, 1.165) is 12.8 Å². The van der Waals surface area contributed by atoms with Crippen molar-refractivity contribution in [1.29, 1.82) is 0 Å². The molecule has 18 heavy (non-hydrogen) atoms. The third-order valence-electron chi connectivity index (χ3n) is 2.09. The Morgan fingerprint density at radius 2 is 1.67 bits per heavy atom. The van der Waals surface area contributed by atoms with Crippen LogP contribution in [0.3, 0.4) is 0 Å². The van der Waals surface area contributed by atoms with Crippen molar-refractivity contribution in [2.75, 3.05) is 0 Å². The molecule has 0 aromatic rings. The van der Waals surface area contributed by atoms with E-state index in [0.29, 0.717) is 12.0 Å². The summed E-state index contributed by atoms with van der Waals surface area (Å²) in [4.78, 5) is 11.8. The average Bonchev–Trinajstić information content (AvgIpc) is 2.23. The van der Waals surface area contributed by atoms with Gasteiger partial charge in [0.1, 0.15) is 0 Å². The van der Waals surface area contributed by atoms with Gasteiger partial charge in [0.15, 0.2) is 0 Å². The van der Waals surface area contributed by atoms with Crippen molar-refractivity contribution >= 4 is 15.5 Å². The van der Waals surface area contributed by atoms with Crippen molar-refractivity contribution in [2.24, 2.45) is 0 Å². The van der Waals surface area contributed by atoms with Gasteiger partial charge in [0.2, 0.25) is 0 Å². The molecule has 0 heterocycles. The number of rotatable bonds is 9. The molecule has 0 saturated heterocycles. The van der Waals surface area contributed by atoms with Crippen LogP contribution in [0.15, 0.2) is 12.2 Å². The Balaban J connectivity index is 4.28. The lowest BCUT2D eigenvalue weighted by Crippen LogP contribution is -2.35. The van der Waals surface area contributed by atoms with E-state index in [4.69, 9.17) is 13.3 Å². The van der Waals surface area contributed by atoms with Gasteiger partial charge in [-0.05, 0) is 40.5 Å². The van der Waals surface area contributed by atoms with E-state index in [9.17, 15) is 4.79 Å². The first kappa shape index (κ1) is 17.3. The number of carbonyl (C=O) groups excluding carboxylic acids is 1. The Labute approximate surface area is 112 Å². The standard InChI is InChI=1S/C13H26O4Si/c1-7-8-9-12(6)13(14)17-18(15-10(2)3)16-11(4)5/h10-11,18H,6-9H2,1-5H3. The monoisotopic (exact) mass is 274 g/mol. The van der Waals surface area contributed by atoms with Crippen molar-refractivity contribution in [3.05, 3.63) is 12.2 Å². The summed E-state index contributed by atoms with van der Waals surface area (Å²) in [5.41, 5.74) is 0.495. The highest BCUT2D eigenvalue weighted by Gasteiger charge is 2.24. The number of hydrogen-bond donors (Lipinski definition) is 0. The lowest BCUT2D eigenvalue weighted by Gasteiger charge is -2.21. The number of hydrogen-bond acceptors (Lipinski definition) is 4. The van der Waals surface area contributed by atoms with Crippen molar-refractivity contribution < 1.29 is 18.1 Å². The van der Waals surface area contributed by atoms with Crippen LogP contribution >= 0.6 is 0 Å². The normalized spacial score (nSPS) is 11.3. The zero-order chi connectivity index (χ0) is 14.1. The minimum absolute atomic E-state index is 0.0166. The molecule has 0 amide bonds. The van der Waals surface area contributed by atoms with Gasteiger partial charge < -0.3 is 13.3 Å². The quantitative estimate of drug-likeness (QED) is 0.479. The maximum atomic E-state index is 11.8. The predicted molar refractivity (Wildman–Crippen MR) is 74.3 cm³/mol. The molecule has 4 nitrogen and oxygen atoms in total. The molecule has 0 bridgehead atoms. The molecule has 0 rings (SSSR count). The highest BCUT2D eigenvalue weighted by atomic mass is 28.3. The Bertz CT molecular complexity index is 254. The third-order valence-corrected chi connectivity index (χ3v) is 4.03. The van der Waals surface area contributed by atoms with Crippen molar-refractivity contribution in [2.45, 2.75) is 66.1 Å². The summed E-state index contributed by atoms with van der Waals surface area (Å²) in [6.45, 7) is 13.4. The fraction of sp³-hybridized carbons (Fsp3) is 0.769. The molecule has 0 spiro atoms. The van der Waals surface area contributed by atoms with Gasteiger partial charge in [-0.1, -0.05) is 19.9 Å².